The molecular weight excluding hydrogens is 290 g/mol. The van der Waals surface area contributed by atoms with Crippen LogP contribution in [0.25, 0.3) is 10.8 Å². The van der Waals surface area contributed by atoms with E-state index < -0.39 is 6.10 Å². The average Bonchev–Trinajstić information content (AvgIpc) is 2.59. The number of hydrogen-bond acceptors (Lipinski definition) is 4. The minimum Gasteiger partial charge on any atom is -0.497 e. The SMILES string of the molecule is COc1ccc([C@@H](O)c2nc(C)cc3cc(OC)ccc23)cc1. The molecule has 1 heterocycles. The Bertz CT molecular complexity index is 828. The molecule has 0 aliphatic heterocycles. The normalized spacial score (nSPS) is 12.2. The van der Waals surface area contributed by atoms with Crippen LogP contribution in [-0.4, -0.2) is 24.3 Å². The number of fused-ring (bicyclic) bond motifs is 1. The molecule has 23 heavy (non-hydrogen) atoms. The molecule has 0 spiro atoms. The zero-order valence-corrected chi connectivity index (χ0v) is 13.4. The van der Waals surface area contributed by atoms with Crippen molar-refractivity contribution in [3.63, 3.8) is 0 Å². The van der Waals surface area contributed by atoms with Gasteiger partial charge >= 0.3 is 0 Å². The quantitative estimate of drug-likeness (QED) is 0.799. The number of methoxy groups -OCH3 is 2. The van der Waals surface area contributed by atoms with E-state index in [2.05, 4.69) is 4.98 Å². The molecule has 0 saturated heterocycles. The number of hydrogen-bond donors (Lipinski definition) is 1. The molecule has 1 N–H and O–H groups in total. The second-order valence-electron chi connectivity index (χ2n) is 5.41. The predicted molar refractivity (Wildman–Crippen MR) is 90.1 cm³/mol. The van der Waals surface area contributed by atoms with E-state index in [1.807, 2.05) is 55.5 Å². The molecule has 0 fully saturated rings. The fourth-order valence-electron chi connectivity index (χ4n) is 2.68. The number of nitrogens with zero attached hydrogens (tertiary/aromatic N) is 1. The van der Waals surface area contributed by atoms with Gasteiger partial charge in [0.25, 0.3) is 0 Å². The van der Waals surface area contributed by atoms with Crippen molar-refractivity contribution in [1.82, 2.24) is 4.98 Å². The summed E-state index contributed by atoms with van der Waals surface area (Å²) >= 11 is 0. The first-order valence-corrected chi connectivity index (χ1v) is 7.39. The first-order chi connectivity index (χ1) is 11.1. The highest BCUT2D eigenvalue weighted by Gasteiger charge is 2.16. The predicted octanol–water partition coefficient (Wildman–Crippen LogP) is 3.64. The van der Waals surface area contributed by atoms with Gasteiger partial charge in [0.15, 0.2) is 0 Å². The molecule has 3 rings (SSSR count). The van der Waals surface area contributed by atoms with Crippen LogP contribution in [0.3, 0.4) is 0 Å². The van der Waals surface area contributed by atoms with Gasteiger partial charge in [-0.05, 0) is 54.3 Å². The van der Waals surface area contributed by atoms with Gasteiger partial charge in [0.1, 0.15) is 17.6 Å². The summed E-state index contributed by atoms with van der Waals surface area (Å²) in [5, 5.41) is 12.7. The summed E-state index contributed by atoms with van der Waals surface area (Å²) < 4.78 is 10.4. The van der Waals surface area contributed by atoms with Gasteiger partial charge in [0.05, 0.1) is 19.9 Å². The second-order valence-corrected chi connectivity index (χ2v) is 5.41. The zero-order valence-electron chi connectivity index (χ0n) is 13.4. The molecule has 4 nitrogen and oxygen atoms in total. The van der Waals surface area contributed by atoms with Crippen LogP contribution in [0.1, 0.15) is 23.1 Å². The van der Waals surface area contributed by atoms with Crippen molar-refractivity contribution in [2.45, 2.75) is 13.0 Å². The Balaban J connectivity index is 2.10. The fourth-order valence-corrected chi connectivity index (χ4v) is 2.68. The van der Waals surface area contributed by atoms with Crippen molar-refractivity contribution in [3.8, 4) is 11.5 Å². The lowest BCUT2D eigenvalue weighted by Crippen LogP contribution is -2.04. The number of ether oxygens (including phenoxy) is 2. The highest BCUT2D eigenvalue weighted by atomic mass is 16.5. The monoisotopic (exact) mass is 309 g/mol. The fraction of sp³-hybridized carbons (Fsp3) is 0.211. The topological polar surface area (TPSA) is 51.6 Å². The molecule has 4 heteroatoms. The van der Waals surface area contributed by atoms with E-state index >= 15 is 0 Å². The number of aliphatic hydroxyl groups is 1. The number of pyridine rings is 1. The van der Waals surface area contributed by atoms with Crippen LogP contribution in [0.4, 0.5) is 0 Å². The molecule has 3 aromatic rings. The van der Waals surface area contributed by atoms with E-state index in [9.17, 15) is 5.11 Å². The van der Waals surface area contributed by atoms with Gasteiger partial charge in [-0.3, -0.25) is 4.98 Å². The zero-order chi connectivity index (χ0) is 16.4. The van der Waals surface area contributed by atoms with Crippen LogP contribution in [0.15, 0.2) is 48.5 Å². The molecule has 0 bridgehead atoms. The van der Waals surface area contributed by atoms with E-state index in [-0.39, 0.29) is 0 Å². The van der Waals surface area contributed by atoms with Gasteiger partial charge in [0.2, 0.25) is 0 Å². The van der Waals surface area contributed by atoms with E-state index in [4.69, 9.17) is 9.47 Å². The minimum absolute atomic E-state index is 0.646. The third-order valence-electron chi connectivity index (χ3n) is 3.89. The smallest absolute Gasteiger partial charge is 0.122 e. The van der Waals surface area contributed by atoms with Crippen LogP contribution < -0.4 is 9.47 Å². The third-order valence-corrected chi connectivity index (χ3v) is 3.89. The molecule has 2 aromatic carbocycles. The maximum Gasteiger partial charge on any atom is 0.122 e. The van der Waals surface area contributed by atoms with Crippen molar-refractivity contribution >= 4 is 10.8 Å². The molecule has 0 unspecified atom stereocenters. The summed E-state index contributed by atoms with van der Waals surface area (Å²) in [6.45, 7) is 1.92. The van der Waals surface area contributed by atoms with Gasteiger partial charge in [-0.15, -0.1) is 0 Å². The lowest BCUT2D eigenvalue weighted by Gasteiger charge is -2.15. The van der Waals surface area contributed by atoms with Gasteiger partial charge < -0.3 is 14.6 Å². The molecule has 1 aromatic heterocycles. The summed E-state index contributed by atoms with van der Waals surface area (Å²) in [5.74, 6) is 1.54. The molecule has 118 valence electrons. The highest BCUT2D eigenvalue weighted by Crippen LogP contribution is 2.30. The third kappa shape index (κ3) is 2.98. The lowest BCUT2D eigenvalue weighted by molar-refractivity contribution is 0.217. The molecule has 0 saturated carbocycles. The number of aryl methyl sites for hydroxylation is 1. The van der Waals surface area contributed by atoms with Gasteiger partial charge in [-0.1, -0.05) is 12.1 Å². The van der Waals surface area contributed by atoms with Crippen LogP contribution in [0, 0.1) is 6.92 Å². The summed E-state index contributed by atoms with van der Waals surface area (Å²) in [4.78, 5) is 4.55. The summed E-state index contributed by atoms with van der Waals surface area (Å²) in [6.07, 6.45) is -0.795. The van der Waals surface area contributed by atoms with Crippen molar-refractivity contribution in [2.75, 3.05) is 14.2 Å². The largest absolute Gasteiger partial charge is 0.497 e. The van der Waals surface area contributed by atoms with Crippen molar-refractivity contribution in [3.05, 3.63) is 65.5 Å². The van der Waals surface area contributed by atoms with Crippen LogP contribution >= 0.6 is 0 Å². The number of aliphatic hydroxyl groups excluding tert-OH is 1. The second kappa shape index (κ2) is 6.26. The molecule has 0 aliphatic rings. The van der Waals surface area contributed by atoms with E-state index in [0.29, 0.717) is 5.69 Å². The van der Waals surface area contributed by atoms with Crippen molar-refractivity contribution < 1.29 is 14.6 Å². The summed E-state index contributed by atoms with van der Waals surface area (Å²) in [7, 11) is 3.26. The van der Waals surface area contributed by atoms with E-state index in [1.165, 1.54) is 0 Å². The summed E-state index contributed by atoms with van der Waals surface area (Å²) in [6, 6.07) is 15.1. The first-order valence-electron chi connectivity index (χ1n) is 7.39. The number of benzene rings is 2. The Labute approximate surface area is 135 Å². The van der Waals surface area contributed by atoms with Gasteiger partial charge in [-0.2, -0.15) is 0 Å². The maximum atomic E-state index is 10.8. The molecular formula is C19H19NO3. The van der Waals surface area contributed by atoms with Crippen molar-refractivity contribution in [2.24, 2.45) is 0 Å². The molecule has 0 radical (unpaired) electrons. The Kier molecular flexibility index (Phi) is 4.17. The Morgan fingerprint density at radius 2 is 1.57 bits per heavy atom. The first kappa shape index (κ1) is 15.3. The van der Waals surface area contributed by atoms with E-state index in [0.717, 1.165) is 33.5 Å². The van der Waals surface area contributed by atoms with Crippen LogP contribution in [-0.2, 0) is 0 Å². The molecule has 0 aliphatic carbocycles. The highest BCUT2D eigenvalue weighted by molar-refractivity contribution is 5.86. The average molecular weight is 309 g/mol. The molecule has 1 atom stereocenters. The Hall–Kier alpha value is -2.59. The maximum absolute atomic E-state index is 10.8. The summed E-state index contributed by atoms with van der Waals surface area (Å²) in [5.41, 5.74) is 2.28. The standard InChI is InChI=1S/C19H19NO3/c1-12-10-14-11-16(23-3)8-9-17(14)18(20-12)19(21)13-4-6-15(22-2)7-5-13/h4-11,19,21H,1-3H3/t19-/m1/s1. The minimum atomic E-state index is -0.795. The Morgan fingerprint density at radius 3 is 2.22 bits per heavy atom. The van der Waals surface area contributed by atoms with Gasteiger partial charge in [0, 0.05) is 11.1 Å². The van der Waals surface area contributed by atoms with Crippen LogP contribution in [0.2, 0.25) is 0 Å². The lowest BCUT2D eigenvalue weighted by atomic mass is 10.00. The van der Waals surface area contributed by atoms with Crippen LogP contribution in [0.5, 0.6) is 11.5 Å². The number of aromatic nitrogens is 1. The van der Waals surface area contributed by atoms with Gasteiger partial charge in [-0.25, -0.2) is 0 Å². The van der Waals surface area contributed by atoms with Crippen molar-refractivity contribution in [1.29, 1.82) is 0 Å². The molecule has 0 amide bonds. The Morgan fingerprint density at radius 1 is 0.913 bits per heavy atom. The number of rotatable bonds is 4. The van der Waals surface area contributed by atoms with E-state index in [1.54, 1.807) is 14.2 Å².